The number of nitrogens with one attached hydrogen (secondary N) is 1. The molecule has 38 heavy (non-hydrogen) atoms. The maximum absolute atomic E-state index is 13.5. The van der Waals surface area contributed by atoms with E-state index in [-0.39, 0.29) is 12.1 Å². The van der Waals surface area contributed by atoms with Crippen LogP contribution in [0, 0.1) is 6.92 Å². The second-order valence-electron chi connectivity index (χ2n) is 8.95. The summed E-state index contributed by atoms with van der Waals surface area (Å²) in [4.78, 5) is 20.7. The molecule has 0 bridgehead atoms. The number of aliphatic hydroxyl groups is 1. The van der Waals surface area contributed by atoms with Crippen LogP contribution < -0.4 is 15.0 Å². The number of halogens is 3. The van der Waals surface area contributed by atoms with E-state index in [2.05, 4.69) is 15.2 Å². The number of alkyl halides is 3. The number of anilines is 2. The maximum atomic E-state index is 13.5. The second-order valence-corrected chi connectivity index (χ2v) is 8.95. The number of nitrogens with zero attached hydrogens (tertiary/aromatic N) is 3. The van der Waals surface area contributed by atoms with E-state index in [1.165, 1.54) is 6.20 Å². The summed E-state index contributed by atoms with van der Waals surface area (Å²) >= 11 is 0. The zero-order valence-corrected chi connectivity index (χ0v) is 21.5. The van der Waals surface area contributed by atoms with Gasteiger partial charge < -0.3 is 29.7 Å². The van der Waals surface area contributed by atoms with Crippen molar-refractivity contribution in [3.63, 3.8) is 0 Å². The molecule has 0 saturated carbocycles. The van der Waals surface area contributed by atoms with Gasteiger partial charge in [0.1, 0.15) is 5.69 Å². The Kier molecular flexibility index (Phi) is 8.27. The number of morpholine rings is 1. The minimum absolute atomic E-state index is 0.0935. The summed E-state index contributed by atoms with van der Waals surface area (Å²) in [7, 11) is 0. The van der Waals surface area contributed by atoms with E-state index in [9.17, 15) is 23.1 Å². The lowest BCUT2D eigenvalue weighted by Gasteiger charge is -2.32. The lowest BCUT2D eigenvalue weighted by molar-refractivity contribution is -0.118. The van der Waals surface area contributed by atoms with Crippen molar-refractivity contribution < 1.29 is 32.5 Å². The van der Waals surface area contributed by atoms with Gasteiger partial charge in [-0.25, -0.2) is 4.98 Å². The zero-order chi connectivity index (χ0) is 27.4. The van der Waals surface area contributed by atoms with Crippen LogP contribution in [-0.4, -0.2) is 72.8 Å². The number of likely N-dealkylation sites (N-methyl/N-ethyl adjacent to an activating group) is 1. The molecule has 204 valence electrons. The van der Waals surface area contributed by atoms with Crippen LogP contribution in [0.2, 0.25) is 0 Å². The highest BCUT2D eigenvalue weighted by molar-refractivity contribution is 6.06. The molecule has 2 aliphatic rings. The molecule has 8 nitrogen and oxygen atoms in total. The molecule has 1 aromatic carbocycles. The van der Waals surface area contributed by atoms with Crippen LogP contribution in [0.5, 0.6) is 5.88 Å². The molecule has 1 atom stereocenters. The van der Waals surface area contributed by atoms with Gasteiger partial charge in [-0.2, -0.15) is 13.2 Å². The van der Waals surface area contributed by atoms with Gasteiger partial charge in [0.05, 0.1) is 31.0 Å². The van der Waals surface area contributed by atoms with Crippen molar-refractivity contribution in [3.05, 3.63) is 59.4 Å². The molecule has 2 N–H and O–H groups in total. The van der Waals surface area contributed by atoms with Gasteiger partial charge in [0.2, 0.25) is 5.88 Å². The number of aryl methyl sites for hydroxylation is 1. The summed E-state index contributed by atoms with van der Waals surface area (Å²) in [6.45, 7) is 8.58. The first kappa shape index (κ1) is 27.5. The number of aliphatic hydroxyl groups excluding tert-OH is 1. The maximum Gasteiger partial charge on any atom is 0.417 e. The van der Waals surface area contributed by atoms with Crippen molar-refractivity contribution in [2.24, 2.45) is 0 Å². The van der Waals surface area contributed by atoms with Crippen LogP contribution in [0.15, 0.2) is 53.9 Å². The summed E-state index contributed by atoms with van der Waals surface area (Å²) in [5.74, 6) is -0.190. The molecular formula is C27H31F3N4O4. The Morgan fingerprint density at radius 1 is 1.24 bits per heavy atom. The lowest BCUT2D eigenvalue weighted by Crippen LogP contribution is -2.40. The average Bonchev–Trinajstić information content (AvgIpc) is 2.90. The van der Waals surface area contributed by atoms with Crippen molar-refractivity contribution >= 4 is 17.3 Å². The number of rotatable bonds is 7. The number of hydrogen-bond acceptors (Lipinski definition) is 7. The topological polar surface area (TPSA) is 87.2 Å². The van der Waals surface area contributed by atoms with Crippen LogP contribution in [0.1, 0.15) is 19.4 Å². The fourth-order valence-electron chi connectivity index (χ4n) is 4.40. The zero-order valence-electron chi connectivity index (χ0n) is 21.5. The number of aromatic nitrogens is 1. The van der Waals surface area contributed by atoms with Crippen molar-refractivity contribution in [3.8, 4) is 17.0 Å². The standard InChI is InChI=1S/C27H31F3N4O4/c1-4-33-16-19(12-22(26(33)36)27(28,29)30)24(35)32-20-7-6-17(3)21(14-20)18-13-23(25(31-15-18)38-5-2)34-8-10-37-11-9-34/h6-7,12-16,26,36H,4-5,8-11H2,1-3H3,(H,32,35). The van der Waals surface area contributed by atoms with Gasteiger partial charge in [-0.3, -0.25) is 4.79 Å². The minimum Gasteiger partial charge on any atom is -0.476 e. The second kappa shape index (κ2) is 11.4. The molecule has 0 radical (unpaired) electrons. The van der Waals surface area contributed by atoms with Gasteiger partial charge in [0.15, 0.2) is 6.23 Å². The van der Waals surface area contributed by atoms with E-state index in [0.717, 1.165) is 27.3 Å². The molecular weight excluding hydrogens is 501 g/mol. The number of ether oxygens (including phenoxy) is 2. The van der Waals surface area contributed by atoms with Crippen LogP contribution in [0.4, 0.5) is 24.5 Å². The molecule has 0 aliphatic carbocycles. The fourth-order valence-corrected chi connectivity index (χ4v) is 4.40. The highest BCUT2D eigenvalue weighted by Crippen LogP contribution is 2.36. The van der Waals surface area contributed by atoms with Crippen molar-refractivity contribution in [1.29, 1.82) is 0 Å². The molecule has 2 aliphatic heterocycles. The molecule has 4 rings (SSSR count). The smallest absolute Gasteiger partial charge is 0.417 e. The first-order valence-electron chi connectivity index (χ1n) is 12.4. The highest BCUT2D eigenvalue weighted by Gasteiger charge is 2.42. The molecule has 11 heteroatoms. The van der Waals surface area contributed by atoms with E-state index >= 15 is 0 Å². The SMILES string of the molecule is CCOc1ncc(-c2cc(NC(=O)C3=CN(CC)C(O)C(C(F)(F)F)=C3)ccc2C)cc1N1CCOCC1. The Labute approximate surface area is 219 Å². The van der Waals surface area contributed by atoms with E-state index < -0.39 is 23.9 Å². The molecule has 1 saturated heterocycles. The monoisotopic (exact) mass is 532 g/mol. The van der Waals surface area contributed by atoms with Crippen molar-refractivity contribution in [1.82, 2.24) is 9.88 Å². The van der Waals surface area contributed by atoms with E-state index in [4.69, 9.17) is 9.47 Å². The van der Waals surface area contributed by atoms with E-state index in [1.807, 2.05) is 26.0 Å². The van der Waals surface area contributed by atoms with Crippen LogP contribution in [0.3, 0.4) is 0 Å². The quantitative estimate of drug-likeness (QED) is 0.551. The number of hydrogen-bond donors (Lipinski definition) is 2. The third kappa shape index (κ3) is 5.94. The van der Waals surface area contributed by atoms with Crippen molar-refractivity contribution in [2.75, 3.05) is 49.7 Å². The molecule has 2 aromatic rings. The Bertz CT molecular complexity index is 1240. The number of pyridine rings is 1. The first-order chi connectivity index (χ1) is 18.1. The summed E-state index contributed by atoms with van der Waals surface area (Å²) in [5.41, 5.74) is 2.41. The van der Waals surface area contributed by atoms with Crippen LogP contribution >= 0.6 is 0 Å². The predicted molar refractivity (Wildman–Crippen MR) is 138 cm³/mol. The fraction of sp³-hybridized carbons (Fsp3) is 0.407. The van der Waals surface area contributed by atoms with E-state index in [1.54, 1.807) is 25.3 Å². The van der Waals surface area contributed by atoms with Gasteiger partial charge in [0.25, 0.3) is 5.91 Å². The summed E-state index contributed by atoms with van der Waals surface area (Å²) in [6.07, 6.45) is -3.02. The molecule has 1 fully saturated rings. The van der Waals surface area contributed by atoms with Crippen LogP contribution in [0.25, 0.3) is 11.1 Å². The Morgan fingerprint density at radius 2 is 1.97 bits per heavy atom. The molecule has 0 spiro atoms. The predicted octanol–water partition coefficient (Wildman–Crippen LogP) is 4.26. The summed E-state index contributed by atoms with van der Waals surface area (Å²) < 4.78 is 51.6. The van der Waals surface area contributed by atoms with Gasteiger partial charge >= 0.3 is 6.18 Å². The molecule has 3 heterocycles. The third-order valence-electron chi connectivity index (χ3n) is 6.43. The largest absolute Gasteiger partial charge is 0.476 e. The number of benzene rings is 1. The van der Waals surface area contributed by atoms with Gasteiger partial charge in [-0.05, 0) is 56.2 Å². The van der Waals surface area contributed by atoms with Crippen LogP contribution in [-0.2, 0) is 9.53 Å². The third-order valence-corrected chi connectivity index (χ3v) is 6.43. The van der Waals surface area contributed by atoms with Gasteiger partial charge in [0, 0.05) is 43.3 Å². The van der Waals surface area contributed by atoms with Gasteiger partial charge in [-0.1, -0.05) is 6.07 Å². The molecule has 1 aromatic heterocycles. The van der Waals surface area contributed by atoms with E-state index in [0.29, 0.717) is 50.6 Å². The van der Waals surface area contributed by atoms with Gasteiger partial charge in [-0.15, -0.1) is 0 Å². The first-order valence-corrected chi connectivity index (χ1v) is 12.4. The highest BCUT2D eigenvalue weighted by atomic mass is 19.4. The Morgan fingerprint density at radius 3 is 2.63 bits per heavy atom. The Balaban J connectivity index is 1.63. The Hall–Kier alpha value is -3.57. The normalized spacial score (nSPS) is 18.1. The molecule has 1 amide bonds. The molecule has 1 unspecified atom stereocenters. The average molecular weight is 533 g/mol. The number of carbonyl (C=O) groups is 1. The summed E-state index contributed by atoms with van der Waals surface area (Å²) in [6, 6.07) is 7.26. The number of amides is 1. The van der Waals surface area contributed by atoms with Crippen molar-refractivity contribution in [2.45, 2.75) is 33.2 Å². The number of carbonyl (C=O) groups excluding carboxylic acids is 1. The lowest BCUT2D eigenvalue weighted by atomic mass is 10.00. The minimum atomic E-state index is -4.78. The summed E-state index contributed by atoms with van der Waals surface area (Å²) in [5, 5.41) is 12.7.